The number of aromatic nitrogens is 4. The SMILES string of the molecule is O=C1Cc2cnc(Nc3ccc(C(=O)NCCCn4ccnc4)cc3)nc2-c2ccc(Cl)cc2N1. The van der Waals surface area contributed by atoms with E-state index >= 15 is 0 Å². The van der Waals surface area contributed by atoms with Gasteiger partial charge in [-0.1, -0.05) is 11.6 Å². The second-order valence-electron chi connectivity index (χ2n) is 8.09. The molecule has 1 aliphatic heterocycles. The average molecular weight is 488 g/mol. The van der Waals surface area contributed by atoms with Crippen molar-refractivity contribution in [1.29, 1.82) is 0 Å². The van der Waals surface area contributed by atoms with Crippen molar-refractivity contribution < 1.29 is 9.59 Å². The molecule has 0 saturated carbocycles. The Labute approximate surface area is 206 Å². The molecule has 0 fully saturated rings. The molecule has 35 heavy (non-hydrogen) atoms. The molecule has 9 nitrogen and oxygen atoms in total. The lowest BCUT2D eigenvalue weighted by molar-refractivity contribution is -0.115. The van der Waals surface area contributed by atoms with Crippen LogP contribution in [-0.2, 0) is 17.8 Å². The largest absolute Gasteiger partial charge is 0.352 e. The van der Waals surface area contributed by atoms with Crippen molar-refractivity contribution in [1.82, 2.24) is 24.8 Å². The Morgan fingerprint density at radius 1 is 1.17 bits per heavy atom. The molecule has 0 spiro atoms. The second kappa shape index (κ2) is 9.94. The number of amides is 2. The van der Waals surface area contributed by atoms with E-state index in [-0.39, 0.29) is 18.2 Å². The first-order chi connectivity index (χ1) is 17.0. The molecule has 1 aliphatic rings. The summed E-state index contributed by atoms with van der Waals surface area (Å²) in [4.78, 5) is 37.7. The molecule has 2 aromatic heterocycles. The maximum Gasteiger partial charge on any atom is 0.251 e. The predicted molar refractivity (Wildman–Crippen MR) is 134 cm³/mol. The first kappa shape index (κ1) is 22.5. The van der Waals surface area contributed by atoms with Crippen molar-refractivity contribution in [2.24, 2.45) is 0 Å². The average Bonchev–Trinajstić information content (AvgIpc) is 3.32. The fourth-order valence-electron chi connectivity index (χ4n) is 3.84. The molecule has 0 aliphatic carbocycles. The van der Waals surface area contributed by atoms with Gasteiger partial charge in [-0.25, -0.2) is 15.0 Å². The molecule has 0 unspecified atom stereocenters. The molecule has 0 bridgehead atoms. The van der Waals surface area contributed by atoms with Crippen molar-refractivity contribution >= 4 is 40.7 Å². The van der Waals surface area contributed by atoms with E-state index in [9.17, 15) is 9.59 Å². The van der Waals surface area contributed by atoms with E-state index in [1.54, 1.807) is 55.1 Å². The Balaban J connectivity index is 1.25. The maximum absolute atomic E-state index is 12.4. The van der Waals surface area contributed by atoms with Gasteiger partial charge in [-0.3, -0.25) is 9.59 Å². The third-order valence-electron chi connectivity index (χ3n) is 5.57. The molecule has 3 N–H and O–H groups in total. The summed E-state index contributed by atoms with van der Waals surface area (Å²) in [6, 6.07) is 12.4. The van der Waals surface area contributed by atoms with Crippen LogP contribution < -0.4 is 16.0 Å². The van der Waals surface area contributed by atoms with Crippen molar-refractivity contribution in [3.8, 4) is 11.3 Å². The van der Waals surface area contributed by atoms with Gasteiger partial charge in [0.25, 0.3) is 5.91 Å². The topological polar surface area (TPSA) is 114 Å². The van der Waals surface area contributed by atoms with Crippen LogP contribution in [0, 0.1) is 0 Å². The number of nitrogens with zero attached hydrogens (tertiary/aromatic N) is 4. The maximum atomic E-state index is 12.4. The number of hydrogen-bond donors (Lipinski definition) is 3. The van der Waals surface area contributed by atoms with Crippen molar-refractivity contribution in [3.05, 3.63) is 83.5 Å². The molecule has 2 aromatic carbocycles. The van der Waals surface area contributed by atoms with Crippen LogP contribution in [0.4, 0.5) is 17.3 Å². The van der Waals surface area contributed by atoms with Gasteiger partial charge in [0.1, 0.15) is 0 Å². The fourth-order valence-corrected chi connectivity index (χ4v) is 4.01. The quantitative estimate of drug-likeness (QED) is 0.339. The fraction of sp³-hybridized carbons (Fsp3) is 0.160. The Kier molecular flexibility index (Phi) is 6.40. The van der Waals surface area contributed by atoms with Crippen LogP contribution in [0.2, 0.25) is 5.02 Å². The molecular weight excluding hydrogens is 466 g/mol. The van der Waals surface area contributed by atoms with Crippen LogP contribution in [-0.4, -0.2) is 37.9 Å². The van der Waals surface area contributed by atoms with Gasteiger partial charge in [0.05, 0.1) is 24.1 Å². The highest BCUT2D eigenvalue weighted by atomic mass is 35.5. The second-order valence-corrected chi connectivity index (χ2v) is 8.53. The lowest BCUT2D eigenvalue weighted by atomic mass is 10.1. The smallest absolute Gasteiger partial charge is 0.251 e. The van der Waals surface area contributed by atoms with Gasteiger partial charge >= 0.3 is 0 Å². The minimum Gasteiger partial charge on any atom is -0.352 e. The first-order valence-electron chi connectivity index (χ1n) is 11.1. The summed E-state index contributed by atoms with van der Waals surface area (Å²) in [6.07, 6.45) is 8.03. The van der Waals surface area contributed by atoms with Gasteiger partial charge in [0, 0.05) is 59.1 Å². The third-order valence-corrected chi connectivity index (χ3v) is 5.80. The minimum atomic E-state index is -0.146. The number of hydrogen-bond acceptors (Lipinski definition) is 6. The summed E-state index contributed by atoms with van der Waals surface area (Å²) in [7, 11) is 0. The lowest BCUT2D eigenvalue weighted by Gasteiger charge is -2.11. The zero-order valence-corrected chi connectivity index (χ0v) is 19.4. The van der Waals surface area contributed by atoms with E-state index in [1.807, 2.05) is 16.8 Å². The highest BCUT2D eigenvalue weighted by Gasteiger charge is 2.21. The molecule has 0 atom stereocenters. The molecule has 0 saturated heterocycles. The highest BCUT2D eigenvalue weighted by Crippen LogP contribution is 2.34. The molecule has 2 amide bonds. The van der Waals surface area contributed by atoms with Gasteiger partial charge < -0.3 is 20.5 Å². The number of benzene rings is 2. The summed E-state index contributed by atoms with van der Waals surface area (Å²) >= 11 is 6.11. The third kappa shape index (κ3) is 5.30. The van der Waals surface area contributed by atoms with Gasteiger partial charge in [-0.15, -0.1) is 0 Å². The number of anilines is 3. The number of imidazole rings is 1. The predicted octanol–water partition coefficient (Wildman–Crippen LogP) is 4.05. The van der Waals surface area contributed by atoms with Crippen LogP contribution in [0.15, 0.2) is 67.4 Å². The number of carbonyl (C=O) groups is 2. The van der Waals surface area contributed by atoms with Gasteiger partial charge in [-0.2, -0.15) is 0 Å². The van der Waals surface area contributed by atoms with E-state index in [0.717, 1.165) is 29.8 Å². The number of aryl methyl sites for hydroxylation is 1. The Morgan fingerprint density at radius 2 is 2.03 bits per heavy atom. The molecule has 5 rings (SSSR count). The molecule has 4 aromatic rings. The van der Waals surface area contributed by atoms with Crippen molar-refractivity contribution in [3.63, 3.8) is 0 Å². The van der Waals surface area contributed by atoms with Gasteiger partial charge in [0.15, 0.2) is 0 Å². The van der Waals surface area contributed by atoms with Crippen LogP contribution in [0.3, 0.4) is 0 Å². The number of fused-ring (bicyclic) bond motifs is 3. The van der Waals surface area contributed by atoms with E-state index < -0.39 is 0 Å². The summed E-state index contributed by atoms with van der Waals surface area (Å²) in [5.74, 6) is 0.110. The summed E-state index contributed by atoms with van der Waals surface area (Å²) < 4.78 is 1.97. The number of carbonyl (C=O) groups excluding carboxylic acids is 2. The van der Waals surface area contributed by atoms with E-state index in [4.69, 9.17) is 11.6 Å². The number of halogens is 1. The Morgan fingerprint density at radius 3 is 2.83 bits per heavy atom. The van der Waals surface area contributed by atoms with Crippen LogP contribution in [0.25, 0.3) is 11.3 Å². The normalized spacial score (nSPS) is 12.2. The number of nitrogens with one attached hydrogen (secondary N) is 3. The lowest BCUT2D eigenvalue weighted by Crippen LogP contribution is -2.25. The van der Waals surface area contributed by atoms with E-state index in [1.165, 1.54) is 0 Å². The molecule has 10 heteroatoms. The first-order valence-corrected chi connectivity index (χ1v) is 11.5. The molecular formula is C25H22ClN7O2. The van der Waals surface area contributed by atoms with Crippen LogP contribution >= 0.6 is 11.6 Å². The summed E-state index contributed by atoms with van der Waals surface area (Å²) in [5.41, 5.74) is 4.10. The standard InChI is InChI=1S/C25H22ClN7O2/c26-18-4-7-20-21(13-18)31-22(34)12-17-14-29-25(32-23(17)20)30-19-5-2-16(3-6-19)24(35)28-8-1-10-33-11-9-27-15-33/h2-7,9,11,13-15H,1,8,10,12H2,(H,28,35)(H,31,34)(H,29,30,32). The van der Waals surface area contributed by atoms with Crippen molar-refractivity contribution in [2.75, 3.05) is 17.2 Å². The highest BCUT2D eigenvalue weighted by molar-refractivity contribution is 6.31. The van der Waals surface area contributed by atoms with Crippen LogP contribution in [0.5, 0.6) is 0 Å². The Hall–Kier alpha value is -4.24. The Bertz CT molecular complexity index is 1370. The van der Waals surface area contributed by atoms with Crippen molar-refractivity contribution in [2.45, 2.75) is 19.4 Å². The zero-order chi connectivity index (χ0) is 24.2. The number of rotatable bonds is 7. The van der Waals surface area contributed by atoms with E-state index in [0.29, 0.717) is 34.5 Å². The van der Waals surface area contributed by atoms with E-state index in [2.05, 4.69) is 30.9 Å². The molecule has 176 valence electrons. The minimum absolute atomic E-state index is 0.129. The van der Waals surface area contributed by atoms with Gasteiger partial charge in [0.2, 0.25) is 11.9 Å². The van der Waals surface area contributed by atoms with Crippen LogP contribution in [0.1, 0.15) is 22.3 Å². The summed E-state index contributed by atoms with van der Waals surface area (Å²) in [5, 5.41) is 9.49. The summed E-state index contributed by atoms with van der Waals surface area (Å²) in [6.45, 7) is 1.37. The molecule has 3 heterocycles. The molecule has 0 radical (unpaired) electrons. The monoisotopic (exact) mass is 487 g/mol. The van der Waals surface area contributed by atoms with Gasteiger partial charge in [-0.05, 0) is 48.9 Å². The zero-order valence-electron chi connectivity index (χ0n) is 18.7.